The summed E-state index contributed by atoms with van der Waals surface area (Å²) in [5.41, 5.74) is 2.16. The second-order valence-electron chi connectivity index (χ2n) is 4.73. The van der Waals surface area contributed by atoms with E-state index < -0.39 is 0 Å². The van der Waals surface area contributed by atoms with Gasteiger partial charge < -0.3 is 4.74 Å². The van der Waals surface area contributed by atoms with Crippen molar-refractivity contribution in [1.29, 1.82) is 0 Å². The summed E-state index contributed by atoms with van der Waals surface area (Å²) in [5.74, 6) is 2.68. The Morgan fingerprint density at radius 2 is 1.95 bits per heavy atom. The standard InChI is InChI=1S/C14H10BNO2.C2H6/c1-15-7-8-16-13-10(15)6-5-9-3-2-4-11(12(9)13)18-14(16)17;1-2/h2-8H,1H3;1-2H3. The number of rotatable bonds is 0. The Morgan fingerprint density at radius 1 is 1.15 bits per heavy atom. The van der Waals surface area contributed by atoms with E-state index in [2.05, 4.69) is 19.0 Å². The first-order chi connectivity index (χ1) is 9.75. The highest BCUT2D eigenvalue weighted by Crippen LogP contribution is 2.39. The van der Waals surface area contributed by atoms with Gasteiger partial charge in [-0.3, -0.25) is 4.90 Å². The van der Waals surface area contributed by atoms with Gasteiger partial charge in [-0.05, 0) is 11.5 Å². The van der Waals surface area contributed by atoms with Crippen molar-refractivity contribution in [2.24, 2.45) is 0 Å². The molecule has 2 aromatic rings. The normalized spacial score (nSPS) is 14.8. The third-order valence-electron chi connectivity index (χ3n) is 3.66. The summed E-state index contributed by atoms with van der Waals surface area (Å²) in [6.07, 6.45) is 1.48. The van der Waals surface area contributed by atoms with Gasteiger partial charge >= 0.3 is 6.09 Å². The molecule has 0 aliphatic carbocycles. The molecule has 0 fully saturated rings. The maximum absolute atomic E-state index is 12.0. The number of carbonyl (C=O) groups excluding carboxylic acids is 1. The van der Waals surface area contributed by atoms with Crippen LogP contribution in [0.25, 0.3) is 10.8 Å². The molecule has 0 bridgehead atoms. The Hall–Kier alpha value is -2.23. The summed E-state index contributed by atoms with van der Waals surface area (Å²) < 4.78 is 5.37. The summed E-state index contributed by atoms with van der Waals surface area (Å²) in [4.78, 5) is 13.6. The molecule has 3 nitrogen and oxygen atoms in total. The average molecular weight is 265 g/mol. The van der Waals surface area contributed by atoms with E-state index in [1.807, 2.05) is 44.2 Å². The van der Waals surface area contributed by atoms with Crippen molar-refractivity contribution in [3.8, 4) is 5.75 Å². The second-order valence-corrected chi connectivity index (χ2v) is 4.73. The molecule has 0 saturated heterocycles. The number of benzene rings is 2. The van der Waals surface area contributed by atoms with Crippen molar-refractivity contribution >= 4 is 34.7 Å². The van der Waals surface area contributed by atoms with Crippen LogP contribution < -0.4 is 15.1 Å². The number of hydrogen-bond donors (Lipinski definition) is 0. The van der Waals surface area contributed by atoms with Crippen LogP contribution in [0.15, 0.2) is 42.5 Å². The fourth-order valence-electron chi connectivity index (χ4n) is 2.74. The monoisotopic (exact) mass is 265 g/mol. The molecule has 20 heavy (non-hydrogen) atoms. The zero-order valence-electron chi connectivity index (χ0n) is 11.9. The van der Waals surface area contributed by atoms with Crippen LogP contribution in [0.2, 0.25) is 6.82 Å². The van der Waals surface area contributed by atoms with Crippen LogP contribution >= 0.6 is 0 Å². The van der Waals surface area contributed by atoms with Crippen molar-refractivity contribution in [2.45, 2.75) is 20.7 Å². The Balaban J connectivity index is 0.000000581. The zero-order valence-corrected chi connectivity index (χ0v) is 11.9. The van der Waals surface area contributed by atoms with Gasteiger partial charge in [0.05, 0.1) is 5.69 Å². The predicted octanol–water partition coefficient (Wildman–Crippen LogP) is 3.58. The summed E-state index contributed by atoms with van der Waals surface area (Å²) in [6, 6.07) is 9.99. The fourth-order valence-corrected chi connectivity index (χ4v) is 2.74. The highest BCUT2D eigenvalue weighted by atomic mass is 16.6. The van der Waals surface area contributed by atoms with E-state index in [0.29, 0.717) is 12.5 Å². The van der Waals surface area contributed by atoms with Gasteiger partial charge in [0.2, 0.25) is 6.71 Å². The topological polar surface area (TPSA) is 29.5 Å². The number of anilines is 1. The Labute approximate surface area is 118 Å². The minimum absolute atomic E-state index is 0.319. The SMILES string of the molecule is CB1C=CN2C(=O)Oc3cccc4ccc1c2c34.CC. The van der Waals surface area contributed by atoms with Gasteiger partial charge in [-0.1, -0.05) is 56.4 Å². The fraction of sp³-hybridized carbons (Fsp3) is 0.188. The first kappa shape index (κ1) is 12.8. The molecule has 0 radical (unpaired) electrons. The highest BCUT2D eigenvalue weighted by molar-refractivity contribution is 6.79. The van der Waals surface area contributed by atoms with Crippen molar-refractivity contribution in [3.05, 3.63) is 42.5 Å². The van der Waals surface area contributed by atoms with E-state index in [-0.39, 0.29) is 6.09 Å². The molecule has 0 atom stereocenters. The van der Waals surface area contributed by atoms with Crippen molar-refractivity contribution < 1.29 is 9.53 Å². The van der Waals surface area contributed by atoms with Gasteiger partial charge in [-0.25, -0.2) is 4.79 Å². The maximum atomic E-state index is 12.0. The molecular formula is C16H16BNO2. The van der Waals surface area contributed by atoms with E-state index in [1.54, 1.807) is 4.90 Å². The van der Waals surface area contributed by atoms with Gasteiger partial charge in [0, 0.05) is 11.6 Å². The van der Waals surface area contributed by atoms with Gasteiger partial charge in [-0.15, -0.1) is 0 Å². The van der Waals surface area contributed by atoms with Crippen molar-refractivity contribution in [1.82, 2.24) is 0 Å². The lowest BCUT2D eigenvalue weighted by Gasteiger charge is -2.31. The molecule has 0 saturated carbocycles. The summed E-state index contributed by atoms with van der Waals surface area (Å²) in [5, 5.41) is 2.14. The lowest BCUT2D eigenvalue weighted by Crippen LogP contribution is -2.42. The molecule has 4 rings (SSSR count). The first-order valence-electron chi connectivity index (χ1n) is 7.01. The second kappa shape index (κ2) is 4.71. The lowest BCUT2D eigenvalue weighted by atomic mass is 9.45. The minimum Gasteiger partial charge on any atom is -0.409 e. The number of hydrogen-bond acceptors (Lipinski definition) is 2. The van der Waals surface area contributed by atoms with Crippen LogP contribution in [-0.4, -0.2) is 12.8 Å². The van der Waals surface area contributed by atoms with E-state index in [4.69, 9.17) is 4.74 Å². The van der Waals surface area contributed by atoms with Gasteiger partial charge in [-0.2, -0.15) is 0 Å². The van der Waals surface area contributed by atoms with Crippen LogP contribution in [0, 0.1) is 0 Å². The van der Waals surface area contributed by atoms with Crippen LogP contribution in [-0.2, 0) is 0 Å². The molecule has 0 spiro atoms. The Bertz CT molecular complexity index is 724. The molecule has 2 aliphatic rings. The number of ether oxygens (including phenoxy) is 1. The lowest BCUT2D eigenvalue weighted by molar-refractivity contribution is 0.209. The third kappa shape index (κ3) is 1.64. The van der Waals surface area contributed by atoms with Crippen molar-refractivity contribution in [3.63, 3.8) is 0 Å². The summed E-state index contributed by atoms with van der Waals surface area (Å²) >= 11 is 0. The van der Waals surface area contributed by atoms with E-state index >= 15 is 0 Å². The molecule has 2 aliphatic heterocycles. The number of carbonyl (C=O) groups is 1. The van der Waals surface area contributed by atoms with Crippen LogP contribution in [0.5, 0.6) is 5.75 Å². The van der Waals surface area contributed by atoms with E-state index in [0.717, 1.165) is 16.5 Å². The molecule has 100 valence electrons. The molecule has 2 heterocycles. The number of amides is 1. The quantitative estimate of drug-likeness (QED) is 0.681. The minimum atomic E-state index is -0.328. The maximum Gasteiger partial charge on any atom is 0.423 e. The molecule has 0 unspecified atom stereocenters. The van der Waals surface area contributed by atoms with Gasteiger partial charge in [0.25, 0.3) is 0 Å². The molecule has 2 aromatic carbocycles. The average Bonchev–Trinajstić information content (AvgIpc) is 2.49. The molecule has 0 N–H and O–H groups in total. The van der Waals surface area contributed by atoms with Crippen molar-refractivity contribution in [2.75, 3.05) is 4.90 Å². The molecule has 0 aromatic heterocycles. The van der Waals surface area contributed by atoms with Gasteiger partial charge in [0.15, 0.2) is 0 Å². The zero-order chi connectivity index (χ0) is 14.3. The largest absolute Gasteiger partial charge is 0.423 e. The Kier molecular flexibility index (Phi) is 3.01. The summed E-state index contributed by atoms with van der Waals surface area (Å²) in [7, 11) is 0. The first-order valence-corrected chi connectivity index (χ1v) is 7.01. The molecule has 1 amide bonds. The van der Waals surface area contributed by atoms with E-state index in [1.165, 1.54) is 5.46 Å². The van der Waals surface area contributed by atoms with Crippen LogP contribution in [0.4, 0.5) is 10.5 Å². The van der Waals surface area contributed by atoms with E-state index in [9.17, 15) is 4.79 Å². The summed E-state index contributed by atoms with van der Waals surface area (Å²) in [6.45, 7) is 6.45. The number of nitrogens with zero attached hydrogens (tertiary/aromatic N) is 1. The smallest absolute Gasteiger partial charge is 0.409 e. The van der Waals surface area contributed by atoms with Crippen LogP contribution in [0.1, 0.15) is 13.8 Å². The highest BCUT2D eigenvalue weighted by Gasteiger charge is 2.32. The molecular weight excluding hydrogens is 249 g/mol. The van der Waals surface area contributed by atoms with Crippen LogP contribution in [0.3, 0.4) is 0 Å². The third-order valence-corrected chi connectivity index (χ3v) is 3.66. The molecule has 4 heteroatoms. The Morgan fingerprint density at radius 3 is 2.75 bits per heavy atom. The van der Waals surface area contributed by atoms with Gasteiger partial charge in [0.1, 0.15) is 5.75 Å². The predicted molar refractivity (Wildman–Crippen MR) is 84.2 cm³/mol.